The SMILES string of the molecule is COc1ccc(N2C(=O)c3ccccc3NC2c2cnc(C(C)(C)C)s2)cc1. The number of nitrogens with one attached hydrogen (secondary N) is 1. The molecule has 2 aromatic carbocycles. The van der Waals surface area contributed by atoms with Gasteiger partial charge >= 0.3 is 0 Å². The lowest BCUT2D eigenvalue weighted by Crippen LogP contribution is -2.42. The Morgan fingerprint density at radius 2 is 1.82 bits per heavy atom. The van der Waals surface area contributed by atoms with Crippen LogP contribution in [0.2, 0.25) is 0 Å². The van der Waals surface area contributed by atoms with Gasteiger partial charge in [-0.3, -0.25) is 9.69 Å². The van der Waals surface area contributed by atoms with Crippen molar-refractivity contribution >= 4 is 28.6 Å². The quantitative estimate of drug-likeness (QED) is 0.663. The molecule has 1 atom stereocenters. The van der Waals surface area contributed by atoms with Crippen LogP contribution in [-0.2, 0) is 5.41 Å². The molecule has 6 heteroatoms. The van der Waals surface area contributed by atoms with Crippen molar-refractivity contribution in [2.45, 2.75) is 32.4 Å². The zero-order chi connectivity index (χ0) is 19.9. The van der Waals surface area contributed by atoms with Gasteiger partial charge < -0.3 is 10.1 Å². The zero-order valence-corrected chi connectivity index (χ0v) is 17.2. The normalized spacial score (nSPS) is 16.5. The van der Waals surface area contributed by atoms with Gasteiger partial charge in [0.25, 0.3) is 5.91 Å². The minimum atomic E-state index is -0.315. The Morgan fingerprint density at radius 3 is 2.46 bits per heavy atom. The molecule has 2 heterocycles. The fourth-order valence-electron chi connectivity index (χ4n) is 3.22. The molecule has 1 unspecified atom stereocenters. The number of carbonyl (C=O) groups excluding carboxylic acids is 1. The molecule has 0 spiro atoms. The second-order valence-corrected chi connectivity index (χ2v) is 8.85. The summed E-state index contributed by atoms with van der Waals surface area (Å²) < 4.78 is 5.26. The summed E-state index contributed by atoms with van der Waals surface area (Å²) in [4.78, 5) is 20.8. The maximum absolute atomic E-state index is 13.4. The van der Waals surface area contributed by atoms with Gasteiger partial charge in [-0.15, -0.1) is 11.3 Å². The predicted octanol–water partition coefficient (Wildman–Crippen LogP) is 5.22. The van der Waals surface area contributed by atoms with Gasteiger partial charge in [-0.1, -0.05) is 32.9 Å². The van der Waals surface area contributed by atoms with Crippen LogP contribution in [-0.4, -0.2) is 18.0 Å². The molecule has 1 aliphatic rings. The van der Waals surface area contributed by atoms with Crippen molar-refractivity contribution in [3.8, 4) is 5.75 Å². The number of nitrogens with zero attached hydrogens (tertiary/aromatic N) is 2. The lowest BCUT2D eigenvalue weighted by atomic mass is 9.98. The van der Waals surface area contributed by atoms with Gasteiger partial charge in [0.2, 0.25) is 0 Å². The van der Waals surface area contributed by atoms with Gasteiger partial charge in [0.15, 0.2) is 0 Å². The number of methoxy groups -OCH3 is 1. The number of ether oxygens (including phenoxy) is 1. The highest BCUT2D eigenvalue weighted by molar-refractivity contribution is 7.11. The summed E-state index contributed by atoms with van der Waals surface area (Å²) in [6.45, 7) is 6.43. The molecule has 1 aromatic heterocycles. The molecule has 0 bridgehead atoms. The second-order valence-electron chi connectivity index (χ2n) is 7.78. The highest BCUT2D eigenvalue weighted by Crippen LogP contribution is 2.40. The summed E-state index contributed by atoms with van der Waals surface area (Å²) in [5.41, 5.74) is 2.27. The number of amides is 1. The summed E-state index contributed by atoms with van der Waals surface area (Å²) in [5.74, 6) is 0.723. The summed E-state index contributed by atoms with van der Waals surface area (Å²) in [6, 6.07) is 15.2. The minimum Gasteiger partial charge on any atom is -0.497 e. The first-order chi connectivity index (χ1) is 13.4. The summed E-state index contributed by atoms with van der Waals surface area (Å²) >= 11 is 1.64. The van der Waals surface area contributed by atoms with Crippen LogP contribution in [0.25, 0.3) is 0 Å². The highest BCUT2D eigenvalue weighted by Gasteiger charge is 2.35. The van der Waals surface area contributed by atoms with E-state index in [1.165, 1.54) is 0 Å². The number of rotatable bonds is 3. The van der Waals surface area contributed by atoms with Gasteiger partial charge in [-0.25, -0.2) is 4.98 Å². The molecule has 0 fully saturated rings. The fourth-order valence-corrected chi connectivity index (χ4v) is 4.24. The Morgan fingerprint density at radius 1 is 1.11 bits per heavy atom. The maximum atomic E-state index is 13.4. The average Bonchev–Trinajstić information content (AvgIpc) is 3.19. The number of aromatic nitrogens is 1. The Bertz CT molecular complexity index is 1010. The monoisotopic (exact) mass is 393 g/mol. The highest BCUT2D eigenvalue weighted by atomic mass is 32.1. The molecule has 5 nitrogen and oxygen atoms in total. The van der Waals surface area contributed by atoms with E-state index in [0.29, 0.717) is 5.56 Å². The van der Waals surface area contributed by atoms with Crippen molar-refractivity contribution in [1.29, 1.82) is 0 Å². The third kappa shape index (κ3) is 3.24. The van der Waals surface area contributed by atoms with Crippen LogP contribution in [0.4, 0.5) is 11.4 Å². The molecule has 4 rings (SSSR count). The molecular weight excluding hydrogens is 370 g/mol. The van der Waals surface area contributed by atoms with Crippen molar-refractivity contribution in [2.75, 3.05) is 17.3 Å². The number of thiazole rings is 1. The van der Waals surface area contributed by atoms with Crippen LogP contribution < -0.4 is 15.0 Å². The lowest BCUT2D eigenvalue weighted by Gasteiger charge is -2.37. The molecular formula is C22H23N3O2S. The predicted molar refractivity (Wildman–Crippen MR) is 113 cm³/mol. The first kappa shape index (κ1) is 18.5. The number of anilines is 2. The summed E-state index contributed by atoms with van der Waals surface area (Å²) in [6.07, 6.45) is 1.56. The molecule has 0 saturated carbocycles. The molecule has 0 radical (unpaired) electrons. The Balaban J connectivity index is 1.81. The molecule has 1 amide bonds. The summed E-state index contributed by atoms with van der Waals surface area (Å²) in [7, 11) is 1.63. The van der Waals surface area contributed by atoms with Gasteiger partial charge in [-0.2, -0.15) is 0 Å². The standard InChI is InChI=1S/C22H23N3O2S/c1-22(2,3)21-23-13-18(28-21)19-24-17-8-6-5-7-16(17)20(26)25(19)14-9-11-15(27-4)12-10-14/h5-13,19,24H,1-4H3. The Kier molecular flexibility index (Phi) is 4.59. The number of carbonyl (C=O) groups is 1. The van der Waals surface area contributed by atoms with Crippen molar-refractivity contribution in [1.82, 2.24) is 4.98 Å². The van der Waals surface area contributed by atoms with E-state index in [1.807, 2.05) is 54.7 Å². The van der Waals surface area contributed by atoms with Crippen LogP contribution in [0.3, 0.4) is 0 Å². The average molecular weight is 394 g/mol. The second kappa shape index (κ2) is 6.95. The maximum Gasteiger partial charge on any atom is 0.262 e. The Hall–Kier alpha value is -2.86. The molecule has 0 saturated heterocycles. The van der Waals surface area contributed by atoms with Crippen LogP contribution in [0.1, 0.15) is 47.2 Å². The third-order valence-corrected chi connectivity index (χ3v) is 6.19. The van der Waals surface area contributed by atoms with Gasteiger partial charge in [0.1, 0.15) is 11.9 Å². The number of fused-ring (bicyclic) bond motifs is 1. The van der Waals surface area contributed by atoms with E-state index in [-0.39, 0.29) is 17.5 Å². The van der Waals surface area contributed by atoms with Crippen LogP contribution in [0, 0.1) is 0 Å². The Labute approximate surface area is 169 Å². The van der Waals surface area contributed by atoms with Crippen molar-refractivity contribution in [3.05, 3.63) is 70.2 Å². The summed E-state index contributed by atoms with van der Waals surface area (Å²) in [5, 5.41) is 4.58. The third-order valence-electron chi connectivity index (χ3n) is 4.71. The first-order valence-corrected chi connectivity index (χ1v) is 9.99. The molecule has 3 aromatic rings. The van der Waals surface area contributed by atoms with E-state index in [4.69, 9.17) is 4.74 Å². The molecule has 28 heavy (non-hydrogen) atoms. The lowest BCUT2D eigenvalue weighted by molar-refractivity contribution is 0.0975. The van der Waals surface area contributed by atoms with Crippen LogP contribution in [0.5, 0.6) is 5.75 Å². The number of benzene rings is 2. The van der Waals surface area contributed by atoms with E-state index in [9.17, 15) is 4.79 Å². The van der Waals surface area contributed by atoms with E-state index in [0.717, 1.165) is 27.0 Å². The van der Waals surface area contributed by atoms with Crippen molar-refractivity contribution in [2.24, 2.45) is 0 Å². The van der Waals surface area contributed by atoms with Crippen molar-refractivity contribution < 1.29 is 9.53 Å². The van der Waals surface area contributed by atoms with Crippen LogP contribution in [0.15, 0.2) is 54.7 Å². The smallest absolute Gasteiger partial charge is 0.262 e. The zero-order valence-electron chi connectivity index (χ0n) is 16.4. The topological polar surface area (TPSA) is 54.5 Å². The first-order valence-electron chi connectivity index (χ1n) is 9.18. The molecule has 144 valence electrons. The largest absolute Gasteiger partial charge is 0.497 e. The molecule has 1 aliphatic heterocycles. The molecule has 1 N–H and O–H groups in total. The van der Waals surface area contributed by atoms with Crippen molar-refractivity contribution in [3.63, 3.8) is 0 Å². The van der Waals surface area contributed by atoms with Gasteiger partial charge in [0.05, 0.1) is 22.6 Å². The van der Waals surface area contributed by atoms with E-state index < -0.39 is 0 Å². The number of para-hydroxylation sites is 1. The van der Waals surface area contributed by atoms with Crippen LogP contribution >= 0.6 is 11.3 Å². The minimum absolute atomic E-state index is 0.0322. The molecule has 0 aliphatic carbocycles. The van der Waals surface area contributed by atoms with E-state index in [1.54, 1.807) is 23.3 Å². The number of hydrogen-bond acceptors (Lipinski definition) is 5. The van der Waals surface area contributed by atoms with E-state index >= 15 is 0 Å². The van der Waals surface area contributed by atoms with E-state index in [2.05, 4.69) is 31.1 Å². The number of hydrogen-bond donors (Lipinski definition) is 1. The van der Waals surface area contributed by atoms with Gasteiger partial charge in [0, 0.05) is 23.0 Å². The fraction of sp³-hybridized carbons (Fsp3) is 0.273. The van der Waals surface area contributed by atoms with Gasteiger partial charge in [-0.05, 0) is 36.4 Å².